The maximum Gasteiger partial charge on any atom is 0.337 e. The van der Waals surface area contributed by atoms with Gasteiger partial charge in [0.05, 0.1) is 23.7 Å². The standard InChI is InChI=1S/C17H13ClF2N2O2/c1-9-14(22-13-5-3-2-4-11(13)17(23)24)8-12(18)10(6-7-21)15(9)16(19)20/h2-5,8,16,22H,6H2,1H3,(H,23,24). The second-order valence-electron chi connectivity index (χ2n) is 5.03. The third-order valence-corrected chi connectivity index (χ3v) is 3.93. The Labute approximate surface area is 142 Å². The van der Waals surface area contributed by atoms with Crippen molar-refractivity contribution < 1.29 is 18.7 Å². The molecule has 7 heteroatoms. The van der Waals surface area contributed by atoms with Crippen molar-refractivity contribution in [1.82, 2.24) is 0 Å². The number of nitrogens with zero attached hydrogens (tertiary/aromatic N) is 1. The summed E-state index contributed by atoms with van der Waals surface area (Å²) in [5.74, 6) is -1.14. The summed E-state index contributed by atoms with van der Waals surface area (Å²) in [7, 11) is 0. The highest BCUT2D eigenvalue weighted by Crippen LogP contribution is 2.37. The first kappa shape index (κ1) is 17.7. The minimum atomic E-state index is -2.80. The number of anilines is 2. The first-order valence-corrected chi connectivity index (χ1v) is 7.31. The zero-order valence-corrected chi connectivity index (χ0v) is 13.4. The molecule has 124 valence electrons. The molecule has 2 aromatic carbocycles. The van der Waals surface area contributed by atoms with Gasteiger partial charge in [0.25, 0.3) is 6.43 Å². The molecule has 0 spiro atoms. The van der Waals surface area contributed by atoms with Crippen LogP contribution in [0.5, 0.6) is 0 Å². The molecule has 0 aliphatic rings. The van der Waals surface area contributed by atoms with Crippen molar-refractivity contribution in [2.45, 2.75) is 19.8 Å². The maximum atomic E-state index is 13.4. The van der Waals surface area contributed by atoms with E-state index in [9.17, 15) is 18.7 Å². The second-order valence-corrected chi connectivity index (χ2v) is 5.44. The average Bonchev–Trinajstić information content (AvgIpc) is 2.52. The van der Waals surface area contributed by atoms with Crippen LogP contribution in [-0.2, 0) is 6.42 Å². The molecule has 0 aliphatic carbocycles. The Balaban J connectivity index is 2.57. The molecule has 0 saturated heterocycles. The Kier molecular flexibility index (Phi) is 5.37. The van der Waals surface area contributed by atoms with Gasteiger partial charge in [-0.3, -0.25) is 0 Å². The molecule has 2 rings (SSSR count). The number of halogens is 3. The Morgan fingerprint density at radius 2 is 2.04 bits per heavy atom. The molecule has 0 saturated carbocycles. The number of nitrogens with one attached hydrogen (secondary N) is 1. The van der Waals surface area contributed by atoms with E-state index in [1.807, 2.05) is 6.07 Å². The molecule has 0 fully saturated rings. The lowest BCUT2D eigenvalue weighted by molar-refractivity contribution is 0.0698. The zero-order valence-electron chi connectivity index (χ0n) is 12.6. The molecule has 0 amide bonds. The van der Waals surface area contributed by atoms with Crippen molar-refractivity contribution in [3.05, 3.63) is 57.6 Å². The van der Waals surface area contributed by atoms with E-state index in [0.29, 0.717) is 0 Å². The SMILES string of the molecule is Cc1c(Nc2ccccc2C(=O)O)cc(Cl)c(CC#N)c1C(F)F. The van der Waals surface area contributed by atoms with E-state index in [4.69, 9.17) is 16.9 Å². The largest absolute Gasteiger partial charge is 0.478 e. The number of rotatable bonds is 5. The zero-order chi connectivity index (χ0) is 17.9. The lowest BCUT2D eigenvalue weighted by Crippen LogP contribution is -2.06. The van der Waals surface area contributed by atoms with E-state index < -0.39 is 12.4 Å². The highest BCUT2D eigenvalue weighted by atomic mass is 35.5. The van der Waals surface area contributed by atoms with E-state index in [1.54, 1.807) is 12.1 Å². The fraction of sp³-hybridized carbons (Fsp3) is 0.176. The number of carboxylic acids is 1. The number of benzene rings is 2. The molecule has 24 heavy (non-hydrogen) atoms. The summed E-state index contributed by atoms with van der Waals surface area (Å²) in [4.78, 5) is 11.3. The van der Waals surface area contributed by atoms with Crippen LogP contribution in [0, 0.1) is 18.3 Å². The van der Waals surface area contributed by atoms with Gasteiger partial charge < -0.3 is 10.4 Å². The molecular weight excluding hydrogens is 338 g/mol. The van der Waals surface area contributed by atoms with Crippen LogP contribution in [0.1, 0.15) is 33.5 Å². The van der Waals surface area contributed by atoms with Crippen LogP contribution in [0.25, 0.3) is 0 Å². The lowest BCUT2D eigenvalue weighted by atomic mass is 9.98. The molecule has 4 nitrogen and oxygen atoms in total. The fourth-order valence-corrected chi connectivity index (χ4v) is 2.71. The van der Waals surface area contributed by atoms with Crippen LogP contribution >= 0.6 is 11.6 Å². The van der Waals surface area contributed by atoms with Gasteiger partial charge in [0.1, 0.15) is 0 Å². The molecule has 0 radical (unpaired) electrons. The normalized spacial score (nSPS) is 10.5. The molecule has 0 bridgehead atoms. The van der Waals surface area contributed by atoms with Gasteiger partial charge >= 0.3 is 5.97 Å². The maximum absolute atomic E-state index is 13.4. The smallest absolute Gasteiger partial charge is 0.337 e. The van der Waals surface area contributed by atoms with Crippen LogP contribution in [0.15, 0.2) is 30.3 Å². The van der Waals surface area contributed by atoms with Crippen LogP contribution in [-0.4, -0.2) is 11.1 Å². The summed E-state index contributed by atoms with van der Waals surface area (Å²) in [5.41, 5.74) is 0.541. The number of para-hydroxylation sites is 1. The first-order chi connectivity index (χ1) is 11.4. The number of aromatic carboxylic acids is 1. The van der Waals surface area contributed by atoms with E-state index in [1.165, 1.54) is 25.1 Å². The van der Waals surface area contributed by atoms with Crippen LogP contribution in [0.3, 0.4) is 0 Å². The molecule has 0 aliphatic heterocycles. The predicted molar refractivity (Wildman–Crippen MR) is 87.1 cm³/mol. The number of nitriles is 1. The van der Waals surface area contributed by atoms with Gasteiger partial charge in [-0.1, -0.05) is 23.7 Å². The van der Waals surface area contributed by atoms with Gasteiger partial charge in [-0.05, 0) is 36.2 Å². The molecule has 2 aromatic rings. The Bertz CT molecular complexity index is 832. The fourth-order valence-electron chi connectivity index (χ4n) is 2.43. The number of hydrogen-bond donors (Lipinski definition) is 2. The van der Waals surface area contributed by atoms with Crippen LogP contribution in [0.4, 0.5) is 20.2 Å². The third kappa shape index (κ3) is 3.47. The van der Waals surface area contributed by atoms with Crippen LogP contribution in [0.2, 0.25) is 5.02 Å². The molecule has 0 aromatic heterocycles. The number of alkyl halides is 2. The Morgan fingerprint density at radius 3 is 2.62 bits per heavy atom. The predicted octanol–water partition coefficient (Wildman–Crippen LogP) is 5.09. The summed E-state index contributed by atoms with van der Waals surface area (Å²) < 4.78 is 26.9. The van der Waals surface area contributed by atoms with Gasteiger partial charge in [0.15, 0.2) is 0 Å². The molecular formula is C17H13ClF2N2O2. The number of carboxylic acid groups (broad SMARTS) is 1. The molecule has 0 atom stereocenters. The van der Waals surface area contributed by atoms with Gasteiger partial charge in [-0.2, -0.15) is 5.26 Å². The summed E-state index contributed by atoms with van der Waals surface area (Å²) in [6.45, 7) is 1.48. The van der Waals surface area contributed by atoms with Crippen molar-refractivity contribution in [2.75, 3.05) is 5.32 Å². The summed E-state index contributed by atoms with van der Waals surface area (Å²) in [6, 6.07) is 9.37. The van der Waals surface area contributed by atoms with Crippen LogP contribution < -0.4 is 5.32 Å². The quantitative estimate of drug-likeness (QED) is 0.787. The highest BCUT2D eigenvalue weighted by Gasteiger charge is 2.22. The monoisotopic (exact) mass is 350 g/mol. The van der Waals surface area contributed by atoms with Crippen molar-refractivity contribution in [3.63, 3.8) is 0 Å². The van der Waals surface area contributed by atoms with Crippen molar-refractivity contribution in [3.8, 4) is 6.07 Å². The summed E-state index contributed by atoms with van der Waals surface area (Å²) in [5, 5.41) is 20.9. The van der Waals surface area contributed by atoms with Crippen molar-refractivity contribution >= 4 is 28.9 Å². The van der Waals surface area contributed by atoms with Crippen molar-refractivity contribution in [2.24, 2.45) is 0 Å². The van der Waals surface area contributed by atoms with E-state index in [0.717, 1.165) is 0 Å². The van der Waals surface area contributed by atoms with Gasteiger partial charge in [0, 0.05) is 16.3 Å². The van der Waals surface area contributed by atoms with E-state index in [2.05, 4.69) is 5.32 Å². The number of carbonyl (C=O) groups is 1. The van der Waals surface area contributed by atoms with E-state index in [-0.39, 0.29) is 45.1 Å². The summed E-state index contributed by atoms with van der Waals surface area (Å²) in [6.07, 6.45) is -3.03. The van der Waals surface area contributed by atoms with E-state index >= 15 is 0 Å². The van der Waals surface area contributed by atoms with Gasteiger partial charge in [0.2, 0.25) is 0 Å². The van der Waals surface area contributed by atoms with Gasteiger partial charge in [-0.25, -0.2) is 13.6 Å². The summed E-state index contributed by atoms with van der Waals surface area (Å²) >= 11 is 6.06. The highest BCUT2D eigenvalue weighted by molar-refractivity contribution is 6.32. The Hall–Kier alpha value is -2.65. The average molecular weight is 351 g/mol. The van der Waals surface area contributed by atoms with Gasteiger partial charge in [-0.15, -0.1) is 0 Å². The molecule has 0 unspecified atom stereocenters. The number of hydrogen-bond acceptors (Lipinski definition) is 3. The lowest BCUT2D eigenvalue weighted by Gasteiger charge is -2.18. The third-order valence-electron chi connectivity index (χ3n) is 3.59. The minimum Gasteiger partial charge on any atom is -0.478 e. The molecule has 0 heterocycles. The topological polar surface area (TPSA) is 73.1 Å². The molecule has 2 N–H and O–H groups in total. The second kappa shape index (κ2) is 7.28. The Morgan fingerprint density at radius 1 is 1.38 bits per heavy atom. The minimum absolute atomic E-state index is 0.00715. The van der Waals surface area contributed by atoms with Crippen molar-refractivity contribution in [1.29, 1.82) is 5.26 Å². The first-order valence-electron chi connectivity index (χ1n) is 6.93.